The molecule has 0 radical (unpaired) electrons. The van der Waals surface area contributed by atoms with Gasteiger partial charge in [-0.25, -0.2) is 4.98 Å². The number of hydrogen-bond acceptors (Lipinski definition) is 4. The molecule has 6 heteroatoms. The predicted molar refractivity (Wildman–Crippen MR) is 74.5 cm³/mol. The van der Waals surface area contributed by atoms with Crippen LogP contribution in [-0.4, -0.2) is 22.2 Å². The van der Waals surface area contributed by atoms with Crippen LogP contribution in [0.1, 0.15) is 17.4 Å². The number of aliphatic hydroxyl groups is 1. The van der Waals surface area contributed by atoms with Crippen molar-refractivity contribution < 1.29 is 9.84 Å². The molecule has 1 atom stereocenters. The van der Waals surface area contributed by atoms with Crippen molar-refractivity contribution in [3.05, 3.63) is 50.8 Å². The highest BCUT2D eigenvalue weighted by molar-refractivity contribution is 9.11. The molecular weight excluding hydrogens is 364 g/mol. The van der Waals surface area contributed by atoms with Gasteiger partial charge < -0.3 is 9.84 Å². The Balaban J connectivity index is 2.47. The molecule has 0 bridgehead atoms. The Hall–Kier alpha value is -0.980. The Morgan fingerprint density at radius 2 is 1.94 bits per heavy atom. The second kappa shape index (κ2) is 5.77. The van der Waals surface area contributed by atoms with Gasteiger partial charge in [0.25, 0.3) is 0 Å². The second-order valence-electron chi connectivity index (χ2n) is 3.52. The largest absolute Gasteiger partial charge is 0.480 e. The normalized spacial score (nSPS) is 12.2. The monoisotopic (exact) mass is 372 g/mol. The third-order valence-corrected chi connectivity index (χ3v) is 3.61. The quantitative estimate of drug-likeness (QED) is 0.898. The van der Waals surface area contributed by atoms with E-state index in [9.17, 15) is 5.11 Å². The van der Waals surface area contributed by atoms with Gasteiger partial charge in [0.2, 0.25) is 5.88 Å². The first-order chi connectivity index (χ1) is 8.63. The third kappa shape index (κ3) is 2.71. The summed E-state index contributed by atoms with van der Waals surface area (Å²) in [7, 11) is 1.50. The predicted octanol–water partition coefficient (Wildman–Crippen LogP) is 3.09. The molecule has 2 rings (SSSR count). The van der Waals surface area contributed by atoms with Crippen molar-refractivity contribution in [2.75, 3.05) is 7.11 Å². The first kappa shape index (κ1) is 13.5. The summed E-state index contributed by atoms with van der Waals surface area (Å²) in [6.07, 6.45) is 2.14. The number of halogens is 2. The molecule has 0 saturated carbocycles. The zero-order valence-corrected chi connectivity index (χ0v) is 12.6. The standard InChI is InChI=1S/C12H10Br2N2O2/c1-18-12-10(15-4-5-16-12)11(17)8-6-7(13)2-3-9(8)14/h2-6,11,17H,1H3. The van der Waals surface area contributed by atoms with Gasteiger partial charge in [-0.05, 0) is 18.2 Å². The summed E-state index contributed by atoms with van der Waals surface area (Å²) in [6, 6.07) is 5.56. The van der Waals surface area contributed by atoms with Crippen LogP contribution >= 0.6 is 31.9 Å². The molecule has 0 spiro atoms. The van der Waals surface area contributed by atoms with Crippen LogP contribution in [0.25, 0.3) is 0 Å². The number of aromatic nitrogens is 2. The molecule has 1 N–H and O–H groups in total. The molecule has 0 aliphatic carbocycles. The minimum absolute atomic E-state index is 0.317. The first-order valence-corrected chi connectivity index (χ1v) is 6.70. The fraction of sp³-hybridized carbons (Fsp3) is 0.167. The molecule has 1 aromatic carbocycles. The summed E-state index contributed by atoms with van der Waals surface area (Å²) >= 11 is 6.78. The van der Waals surface area contributed by atoms with Crippen molar-refractivity contribution in [1.29, 1.82) is 0 Å². The Kier molecular flexibility index (Phi) is 4.31. The fourth-order valence-corrected chi connectivity index (χ4v) is 2.39. The van der Waals surface area contributed by atoms with Gasteiger partial charge in [-0.3, -0.25) is 4.98 Å². The van der Waals surface area contributed by atoms with E-state index in [4.69, 9.17) is 4.74 Å². The minimum atomic E-state index is -0.902. The van der Waals surface area contributed by atoms with Gasteiger partial charge >= 0.3 is 0 Å². The van der Waals surface area contributed by atoms with Crippen molar-refractivity contribution in [3.8, 4) is 5.88 Å². The molecule has 94 valence electrons. The van der Waals surface area contributed by atoms with Gasteiger partial charge in [-0.1, -0.05) is 31.9 Å². The number of aliphatic hydroxyl groups excluding tert-OH is 1. The zero-order valence-electron chi connectivity index (χ0n) is 9.47. The number of methoxy groups -OCH3 is 1. The van der Waals surface area contributed by atoms with E-state index in [0.717, 1.165) is 8.95 Å². The van der Waals surface area contributed by atoms with Crippen molar-refractivity contribution in [2.24, 2.45) is 0 Å². The summed E-state index contributed by atoms with van der Waals surface area (Å²) in [6.45, 7) is 0. The maximum absolute atomic E-state index is 10.4. The molecule has 0 amide bonds. The minimum Gasteiger partial charge on any atom is -0.480 e. The molecule has 18 heavy (non-hydrogen) atoms. The van der Waals surface area contributed by atoms with E-state index in [1.807, 2.05) is 18.2 Å². The Morgan fingerprint density at radius 3 is 2.67 bits per heavy atom. The molecule has 0 saturated heterocycles. The van der Waals surface area contributed by atoms with Crippen LogP contribution in [0, 0.1) is 0 Å². The third-order valence-electron chi connectivity index (χ3n) is 2.40. The number of rotatable bonds is 3. The highest BCUT2D eigenvalue weighted by Gasteiger charge is 2.20. The number of benzene rings is 1. The second-order valence-corrected chi connectivity index (χ2v) is 5.29. The summed E-state index contributed by atoms with van der Waals surface area (Å²) in [5.41, 5.74) is 1.09. The summed E-state index contributed by atoms with van der Waals surface area (Å²) in [4.78, 5) is 8.15. The van der Waals surface area contributed by atoms with Crippen LogP contribution in [0.2, 0.25) is 0 Å². The van der Waals surface area contributed by atoms with Crippen LogP contribution < -0.4 is 4.74 Å². The van der Waals surface area contributed by atoms with E-state index in [1.54, 1.807) is 0 Å². The molecule has 0 aliphatic rings. The van der Waals surface area contributed by atoms with E-state index in [2.05, 4.69) is 41.8 Å². The Bertz CT molecular complexity index is 564. The first-order valence-electron chi connectivity index (χ1n) is 5.11. The zero-order chi connectivity index (χ0) is 13.1. The van der Waals surface area contributed by atoms with Crippen LogP contribution in [-0.2, 0) is 0 Å². The molecule has 1 unspecified atom stereocenters. The molecule has 0 aliphatic heterocycles. The highest BCUT2D eigenvalue weighted by atomic mass is 79.9. The van der Waals surface area contributed by atoms with Crippen molar-refractivity contribution >= 4 is 31.9 Å². The van der Waals surface area contributed by atoms with Gasteiger partial charge in [-0.2, -0.15) is 0 Å². The van der Waals surface area contributed by atoms with Crippen LogP contribution in [0.3, 0.4) is 0 Å². The van der Waals surface area contributed by atoms with Crippen molar-refractivity contribution in [3.63, 3.8) is 0 Å². The van der Waals surface area contributed by atoms with E-state index in [-0.39, 0.29) is 0 Å². The van der Waals surface area contributed by atoms with E-state index >= 15 is 0 Å². The van der Waals surface area contributed by atoms with Crippen molar-refractivity contribution in [1.82, 2.24) is 9.97 Å². The van der Waals surface area contributed by atoms with Crippen LogP contribution in [0.4, 0.5) is 0 Å². The topological polar surface area (TPSA) is 55.2 Å². The van der Waals surface area contributed by atoms with Crippen LogP contribution in [0.15, 0.2) is 39.5 Å². The maximum atomic E-state index is 10.4. The average molecular weight is 374 g/mol. The molecule has 1 aromatic heterocycles. The molecule has 1 heterocycles. The fourth-order valence-electron chi connectivity index (χ4n) is 1.55. The number of ether oxygens (including phenoxy) is 1. The average Bonchev–Trinajstić information content (AvgIpc) is 2.40. The summed E-state index contributed by atoms with van der Waals surface area (Å²) in [5.74, 6) is 0.317. The Morgan fingerprint density at radius 1 is 1.22 bits per heavy atom. The molecule has 4 nitrogen and oxygen atoms in total. The lowest BCUT2D eigenvalue weighted by Gasteiger charge is -2.14. The van der Waals surface area contributed by atoms with Crippen LogP contribution in [0.5, 0.6) is 5.88 Å². The van der Waals surface area contributed by atoms with Gasteiger partial charge in [0.1, 0.15) is 11.8 Å². The van der Waals surface area contributed by atoms with Gasteiger partial charge in [0.15, 0.2) is 0 Å². The van der Waals surface area contributed by atoms with E-state index < -0.39 is 6.10 Å². The lowest BCUT2D eigenvalue weighted by Crippen LogP contribution is -2.06. The van der Waals surface area contributed by atoms with Gasteiger partial charge in [0, 0.05) is 26.9 Å². The van der Waals surface area contributed by atoms with E-state index in [0.29, 0.717) is 17.1 Å². The van der Waals surface area contributed by atoms with Gasteiger partial charge in [-0.15, -0.1) is 0 Å². The summed E-state index contributed by atoms with van der Waals surface area (Å²) < 4.78 is 6.77. The van der Waals surface area contributed by atoms with E-state index in [1.165, 1.54) is 19.5 Å². The SMILES string of the molecule is COc1nccnc1C(O)c1cc(Br)ccc1Br. The Labute approximate surface area is 121 Å². The number of nitrogens with zero attached hydrogens (tertiary/aromatic N) is 2. The lowest BCUT2D eigenvalue weighted by molar-refractivity contribution is 0.207. The molecule has 0 fully saturated rings. The number of hydrogen-bond donors (Lipinski definition) is 1. The maximum Gasteiger partial charge on any atom is 0.238 e. The smallest absolute Gasteiger partial charge is 0.238 e. The molecular formula is C12H10Br2N2O2. The highest BCUT2D eigenvalue weighted by Crippen LogP contribution is 2.32. The lowest BCUT2D eigenvalue weighted by atomic mass is 10.1. The molecule has 2 aromatic rings. The van der Waals surface area contributed by atoms with Gasteiger partial charge in [0.05, 0.1) is 7.11 Å². The summed E-state index contributed by atoms with van der Waals surface area (Å²) in [5, 5.41) is 10.4. The van der Waals surface area contributed by atoms with Crippen molar-refractivity contribution in [2.45, 2.75) is 6.10 Å².